The van der Waals surface area contributed by atoms with Gasteiger partial charge in [0.2, 0.25) is 5.96 Å². The molecule has 2 aromatic carbocycles. The molecule has 0 aliphatic carbocycles. The van der Waals surface area contributed by atoms with E-state index in [9.17, 15) is 8.42 Å². The summed E-state index contributed by atoms with van der Waals surface area (Å²) >= 11 is 0. The van der Waals surface area contributed by atoms with Crippen LogP contribution in [0.2, 0.25) is 0 Å². The van der Waals surface area contributed by atoms with Gasteiger partial charge in [0.15, 0.2) is 11.5 Å². The molecule has 0 aliphatic heterocycles. The number of hydrogen-bond donors (Lipinski definition) is 2. The fourth-order valence-electron chi connectivity index (χ4n) is 2.31. The number of nitrogens with zero attached hydrogens (tertiary/aromatic N) is 1. The maximum atomic E-state index is 11.7. The molecule has 0 saturated heterocycles. The van der Waals surface area contributed by atoms with Gasteiger partial charge in [-0.15, -0.1) is 4.40 Å². The van der Waals surface area contributed by atoms with Crippen molar-refractivity contribution < 1.29 is 17.9 Å². The molecule has 0 fully saturated rings. The number of rotatable bonds is 5. The van der Waals surface area contributed by atoms with Crippen LogP contribution in [-0.4, -0.2) is 34.9 Å². The lowest BCUT2D eigenvalue weighted by molar-refractivity contribution is 0.355. The molecule has 140 valence electrons. The van der Waals surface area contributed by atoms with E-state index in [1.54, 1.807) is 25.3 Å². The quantitative estimate of drug-likeness (QED) is 0.615. The molecule has 2 aromatic rings. The van der Waals surface area contributed by atoms with Crippen molar-refractivity contribution >= 4 is 27.4 Å². The van der Waals surface area contributed by atoms with Crippen molar-refractivity contribution in [3.05, 3.63) is 47.5 Å². The molecule has 0 amide bonds. The monoisotopic (exact) mass is 377 g/mol. The van der Waals surface area contributed by atoms with Crippen molar-refractivity contribution in [1.29, 1.82) is 0 Å². The highest BCUT2D eigenvalue weighted by Crippen LogP contribution is 2.30. The van der Waals surface area contributed by atoms with Gasteiger partial charge < -0.3 is 20.1 Å². The van der Waals surface area contributed by atoms with Gasteiger partial charge in [0, 0.05) is 17.4 Å². The molecule has 0 spiro atoms. The lowest BCUT2D eigenvalue weighted by atomic mass is 10.1. The summed E-state index contributed by atoms with van der Waals surface area (Å²) in [6, 6.07) is 10.9. The van der Waals surface area contributed by atoms with E-state index in [4.69, 9.17) is 9.47 Å². The van der Waals surface area contributed by atoms with Gasteiger partial charge >= 0.3 is 0 Å². The largest absolute Gasteiger partial charge is 0.493 e. The zero-order valence-electron chi connectivity index (χ0n) is 15.5. The van der Waals surface area contributed by atoms with Crippen LogP contribution in [0.15, 0.2) is 40.8 Å². The Hall–Kier alpha value is -2.74. The topological polar surface area (TPSA) is 89.0 Å². The molecule has 2 rings (SSSR count). The standard InChI is InChI=1S/C18H23N3O4S/c1-12-7-6-8-15(13(12)2)20-18(21-26(5,22)23)19-14-9-10-16(24-3)17(11-14)25-4/h6-11H,1-5H3,(H2,19,20,21). The van der Waals surface area contributed by atoms with Crippen LogP contribution in [0.25, 0.3) is 0 Å². The number of sulfonamides is 1. The second-order valence-electron chi connectivity index (χ2n) is 5.74. The number of nitrogens with one attached hydrogen (secondary N) is 2. The molecule has 8 heteroatoms. The highest BCUT2D eigenvalue weighted by molar-refractivity contribution is 7.89. The first-order chi connectivity index (χ1) is 12.2. The van der Waals surface area contributed by atoms with Gasteiger partial charge in [-0.2, -0.15) is 0 Å². The number of aryl methyl sites for hydroxylation is 1. The Balaban J connectivity index is 2.38. The van der Waals surface area contributed by atoms with Gasteiger partial charge in [0.25, 0.3) is 10.0 Å². The van der Waals surface area contributed by atoms with Gasteiger partial charge in [0.1, 0.15) is 0 Å². The lowest BCUT2D eigenvalue weighted by Crippen LogP contribution is -2.24. The Morgan fingerprint density at radius 3 is 2.31 bits per heavy atom. The molecule has 0 heterocycles. The second-order valence-corrected chi connectivity index (χ2v) is 7.39. The minimum absolute atomic E-state index is 0.0911. The molecule has 7 nitrogen and oxygen atoms in total. The van der Waals surface area contributed by atoms with E-state index in [-0.39, 0.29) is 5.96 Å². The van der Waals surface area contributed by atoms with E-state index in [1.165, 1.54) is 7.11 Å². The van der Waals surface area contributed by atoms with Crippen LogP contribution in [0.5, 0.6) is 11.5 Å². The number of methoxy groups -OCH3 is 2. The normalized spacial score (nSPS) is 11.8. The van der Waals surface area contributed by atoms with Crippen LogP contribution in [0.3, 0.4) is 0 Å². The summed E-state index contributed by atoms with van der Waals surface area (Å²) < 4.78 is 37.6. The van der Waals surface area contributed by atoms with Crippen LogP contribution in [0, 0.1) is 13.8 Å². The predicted octanol–water partition coefficient (Wildman–Crippen LogP) is 3.16. The lowest BCUT2D eigenvalue weighted by Gasteiger charge is -2.16. The minimum atomic E-state index is -3.61. The van der Waals surface area contributed by atoms with Crippen LogP contribution < -0.4 is 20.1 Å². The summed E-state index contributed by atoms with van der Waals surface area (Å²) in [6.07, 6.45) is 1.04. The van der Waals surface area contributed by atoms with Crippen LogP contribution in [-0.2, 0) is 10.0 Å². The first-order valence-electron chi connectivity index (χ1n) is 7.85. The molecular formula is C18H23N3O4S. The molecule has 0 atom stereocenters. The SMILES string of the molecule is COc1ccc(N/C(=N/S(C)(=O)=O)Nc2cccc(C)c2C)cc1OC. The zero-order chi connectivity index (χ0) is 19.3. The van der Waals surface area contributed by atoms with Crippen LogP contribution in [0.4, 0.5) is 11.4 Å². The van der Waals surface area contributed by atoms with Crippen molar-refractivity contribution in [2.45, 2.75) is 13.8 Å². The van der Waals surface area contributed by atoms with E-state index >= 15 is 0 Å². The third-order valence-corrected chi connectivity index (χ3v) is 4.28. The molecule has 0 bridgehead atoms. The highest BCUT2D eigenvalue weighted by atomic mass is 32.2. The number of guanidine groups is 1. The average Bonchev–Trinajstić information content (AvgIpc) is 2.57. The van der Waals surface area contributed by atoms with Crippen molar-refractivity contribution in [3.63, 3.8) is 0 Å². The Bertz CT molecular complexity index is 924. The van der Waals surface area contributed by atoms with Gasteiger partial charge in [-0.05, 0) is 43.2 Å². The summed E-state index contributed by atoms with van der Waals surface area (Å²) in [5.74, 6) is 1.18. The molecular weight excluding hydrogens is 354 g/mol. The minimum Gasteiger partial charge on any atom is -0.493 e. The first kappa shape index (κ1) is 19.6. The number of ether oxygens (including phenoxy) is 2. The number of benzene rings is 2. The van der Waals surface area contributed by atoms with E-state index in [1.807, 2.05) is 32.0 Å². The van der Waals surface area contributed by atoms with E-state index in [2.05, 4.69) is 15.0 Å². The van der Waals surface area contributed by atoms with Gasteiger partial charge in [-0.3, -0.25) is 0 Å². The zero-order valence-corrected chi connectivity index (χ0v) is 16.3. The Morgan fingerprint density at radius 2 is 1.69 bits per heavy atom. The summed E-state index contributed by atoms with van der Waals surface area (Å²) in [7, 11) is -0.534. The predicted molar refractivity (Wildman–Crippen MR) is 105 cm³/mol. The van der Waals surface area contributed by atoms with Crippen molar-refractivity contribution in [2.24, 2.45) is 4.40 Å². The summed E-state index contributed by atoms with van der Waals surface area (Å²) in [5.41, 5.74) is 3.45. The van der Waals surface area contributed by atoms with E-state index in [0.29, 0.717) is 17.2 Å². The Kier molecular flexibility index (Phi) is 6.10. The van der Waals surface area contributed by atoms with Gasteiger partial charge in [0.05, 0.1) is 20.5 Å². The molecule has 0 aliphatic rings. The van der Waals surface area contributed by atoms with E-state index < -0.39 is 10.0 Å². The number of hydrogen-bond acceptors (Lipinski definition) is 4. The van der Waals surface area contributed by atoms with Gasteiger partial charge in [-0.25, -0.2) is 8.42 Å². The van der Waals surface area contributed by atoms with Crippen molar-refractivity contribution in [3.8, 4) is 11.5 Å². The third-order valence-electron chi connectivity index (χ3n) is 3.76. The molecule has 26 heavy (non-hydrogen) atoms. The molecule has 0 aromatic heterocycles. The Labute approximate surface area is 154 Å². The van der Waals surface area contributed by atoms with E-state index in [0.717, 1.165) is 23.1 Å². The molecule has 0 unspecified atom stereocenters. The third kappa shape index (κ3) is 5.13. The fraction of sp³-hybridized carbons (Fsp3) is 0.278. The molecule has 0 saturated carbocycles. The Morgan fingerprint density at radius 1 is 1.00 bits per heavy atom. The maximum Gasteiger partial charge on any atom is 0.253 e. The molecule has 2 N–H and O–H groups in total. The average molecular weight is 377 g/mol. The summed E-state index contributed by atoms with van der Waals surface area (Å²) in [4.78, 5) is 0. The maximum absolute atomic E-state index is 11.7. The van der Waals surface area contributed by atoms with Crippen molar-refractivity contribution in [2.75, 3.05) is 31.1 Å². The van der Waals surface area contributed by atoms with Crippen LogP contribution in [0.1, 0.15) is 11.1 Å². The highest BCUT2D eigenvalue weighted by Gasteiger charge is 2.11. The van der Waals surface area contributed by atoms with Gasteiger partial charge in [-0.1, -0.05) is 12.1 Å². The fourth-order valence-corrected chi connectivity index (χ4v) is 2.73. The number of anilines is 2. The molecule has 0 radical (unpaired) electrons. The summed E-state index contributed by atoms with van der Waals surface area (Å²) in [5, 5.41) is 6.03. The van der Waals surface area contributed by atoms with Crippen LogP contribution >= 0.6 is 0 Å². The summed E-state index contributed by atoms with van der Waals surface area (Å²) in [6.45, 7) is 3.93. The second kappa shape index (κ2) is 8.09. The first-order valence-corrected chi connectivity index (χ1v) is 9.70. The van der Waals surface area contributed by atoms with Crippen molar-refractivity contribution in [1.82, 2.24) is 0 Å². The smallest absolute Gasteiger partial charge is 0.253 e.